The average Bonchev–Trinajstić information content (AvgIpc) is 2.62. The molecule has 2 aromatic rings. The molecule has 2 atom stereocenters. The molecule has 0 fully saturated rings. The maximum absolute atomic E-state index is 14.4. The van der Waals surface area contributed by atoms with Gasteiger partial charge < -0.3 is 5.73 Å². The van der Waals surface area contributed by atoms with Gasteiger partial charge in [0.05, 0.1) is 11.9 Å². The highest BCUT2D eigenvalue weighted by atomic mass is 32.2. The molecule has 0 amide bonds. The number of hydrogen-bond acceptors (Lipinski definition) is 4. The zero-order valence-electron chi connectivity index (χ0n) is 15.4. The van der Waals surface area contributed by atoms with Gasteiger partial charge in [-0.05, 0) is 60.8 Å². The molecule has 0 aliphatic heterocycles. The predicted molar refractivity (Wildman–Crippen MR) is 106 cm³/mol. The summed E-state index contributed by atoms with van der Waals surface area (Å²) < 4.78 is 28.6. The molecule has 1 aromatic heterocycles. The van der Waals surface area contributed by atoms with Crippen LogP contribution in [0.4, 0.5) is 8.78 Å². The Morgan fingerprint density at radius 3 is 2.65 bits per heavy atom. The maximum atomic E-state index is 14.4. The van der Waals surface area contributed by atoms with Crippen molar-refractivity contribution in [3.8, 4) is 0 Å². The molecule has 1 aromatic carbocycles. The number of nitrogens with zero attached hydrogens (tertiary/aromatic N) is 2. The van der Waals surface area contributed by atoms with Crippen LogP contribution >= 0.6 is 11.8 Å². The van der Waals surface area contributed by atoms with Crippen molar-refractivity contribution < 1.29 is 8.78 Å². The van der Waals surface area contributed by atoms with E-state index in [1.165, 1.54) is 18.3 Å². The summed E-state index contributed by atoms with van der Waals surface area (Å²) in [4.78, 5) is 8.24. The monoisotopic (exact) mass is 377 g/mol. The number of aryl methyl sites for hydroxylation is 1. The van der Waals surface area contributed by atoms with Gasteiger partial charge in [-0.3, -0.25) is 9.97 Å². The van der Waals surface area contributed by atoms with Gasteiger partial charge in [0.25, 0.3) is 0 Å². The molecule has 140 valence electrons. The Morgan fingerprint density at radius 2 is 2.04 bits per heavy atom. The van der Waals surface area contributed by atoms with Crippen molar-refractivity contribution in [3.05, 3.63) is 58.9 Å². The van der Waals surface area contributed by atoms with E-state index >= 15 is 0 Å². The summed E-state index contributed by atoms with van der Waals surface area (Å²) in [5.74, 6) is 0.124. The number of benzene rings is 1. The third-order valence-electron chi connectivity index (χ3n) is 4.09. The van der Waals surface area contributed by atoms with Gasteiger partial charge in [0.1, 0.15) is 11.5 Å². The fourth-order valence-electron chi connectivity index (χ4n) is 2.50. The summed E-state index contributed by atoms with van der Waals surface area (Å²) in [6.45, 7) is 5.86. The lowest BCUT2D eigenvalue weighted by Crippen LogP contribution is -2.11. The normalized spacial score (nSPS) is 14.3. The number of rotatable bonds is 8. The second kappa shape index (κ2) is 9.78. The Balaban J connectivity index is 2.16. The smallest absolute Gasteiger partial charge is 0.150 e. The van der Waals surface area contributed by atoms with Gasteiger partial charge >= 0.3 is 0 Å². The summed E-state index contributed by atoms with van der Waals surface area (Å²) in [6.07, 6.45) is 5.91. The number of thioether (sulfide) groups is 1. The largest absolute Gasteiger partial charge is 0.320 e. The van der Waals surface area contributed by atoms with Gasteiger partial charge in [0.15, 0.2) is 5.83 Å². The molecule has 1 unspecified atom stereocenters. The highest BCUT2D eigenvalue weighted by Crippen LogP contribution is 2.27. The first kappa shape index (κ1) is 20.5. The molecule has 0 saturated heterocycles. The molecular formula is C20H25F2N3S. The van der Waals surface area contributed by atoms with Crippen molar-refractivity contribution in [2.75, 3.05) is 5.75 Å². The lowest BCUT2D eigenvalue weighted by Gasteiger charge is -2.14. The molecule has 1 heterocycles. The Labute approximate surface area is 158 Å². The molecule has 2 N–H and O–H groups in total. The molecule has 6 heteroatoms. The van der Waals surface area contributed by atoms with Crippen molar-refractivity contribution in [1.29, 1.82) is 0 Å². The van der Waals surface area contributed by atoms with E-state index in [-0.39, 0.29) is 22.8 Å². The number of nitrogens with two attached hydrogens (primary N) is 1. The van der Waals surface area contributed by atoms with Crippen LogP contribution in [-0.2, 0) is 6.42 Å². The minimum absolute atomic E-state index is 0.0290. The lowest BCUT2D eigenvalue weighted by atomic mass is 9.96. The standard InChI is InChI=1S/C20H25F2N3S/c1-4-16-11-25-20(12-24-16)19(22)10-15-5-6-18(21)17(9-15)13(2)7-8-26-14(3)23/h5-6,9-14H,4,7-8,23H2,1-3H3/b19-10-/t13-,14?/m0/s1. The van der Waals surface area contributed by atoms with Crippen LogP contribution in [0.25, 0.3) is 11.9 Å². The quantitative estimate of drug-likeness (QED) is 0.644. The molecule has 3 nitrogen and oxygen atoms in total. The van der Waals surface area contributed by atoms with Crippen LogP contribution in [0.15, 0.2) is 30.6 Å². The van der Waals surface area contributed by atoms with E-state index < -0.39 is 5.83 Å². The van der Waals surface area contributed by atoms with Gasteiger partial charge in [-0.15, -0.1) is 11.8 Å². The van der Waals surface area contributed by atoms with Gasteiger partial charge in [-0.25, -0.2) is 8.78 Å². The molecule has 0 spiro atoms. The Morgan fingerprint density at radius 1 is 1.27 bits per heavy atom. The van der Waals surface area contributed by atoms with Gasteiger partial charge in [-0.2, -0.15) is 0 Å². The molecule has 0 radical (unpaired) electrons. The highest BCUT2D eigenvalue weighted by molar-refractivity contribution is 7.99. The Kier molecular flexibility index (Phi) is 7.72. The SMILES string of the molecule is CCc1cnc(/C(F)=C/c2ccc(F)c([C@@H](C)CCSC(C)N)c2)cn1. The molecule has 2 rings (SSSR count). The van der Waals surface area contributed by atoms with Crippen molar-refractivity contribution in [2.24, 2.45) is 5.73 Å². The zero-order chi connectivity index (χ0) is 19.1. The third kappa shape index (κ3) is 5.88. The van der Waals surface area contributed by atoms with Crippen molar-refractivity contribution >= 4 is 23.7 Å². The molecule has 0 aliphatic rings. The van der Waals surface area contributed by atoms with Gasteiger partial charge in [-0.1, -0.05) is 19.9 Å². The summed E-state index contributed by atoms with van der Waals surface area (Å²) in [5.41, 5.74) is 7.90. The molecule has 0 aliphatic carbocycles. The highest BCUT2D eigenvalue weighted by Gasteiger charge is 2.13. The fourth-order valence-corrected chi connectivity index (χ4v) is 3.36. The number of hydrogen-bond donors (Lipinski definition) is 1. The topological polar surface area (TPSA) is 51.8 Å². The lowest BCUT2D eigenvalue weighted by molar-refractivity contribution is 0.584. The number of aromatic nitrogens is 2. The first-order valence-electron chi connectivity index (χ1n) is 8.75. The maximum Gasteiger partial charge on any atom is 0.150 e. The van der Waals surface area contributed by atoms with Crippen LogP contribution in [0.1, 0.15) is 55.6 Å². The van der Waals surface area contributed by atoms with E-state index in [1.807, 2.05) is 20.8 Å². The van der Waals surface area contributed by atoms with E-state index in [4.69, 9.17) is 5.73 Å². The van der Waals surface area contributed by atoms with Gasteiger partial charge in [0.2, 0.25) is 0 Å². The van der Waals surface area contributed by atoms with E-state index in [0.717, 1.165) is 24.3 Å². The molecule has 0 saturated carbocycles. The molecular weight excluding hydrogens is 352 g/mol. The van der Waals surface area contributed by atoms with Crippen molar-refractivity contribution in [3.63, 3.8) is 0 Å². The first-order valence-corrected chi connectivity index (χ1v) is 9.80. The van der Waals surface area contributed by atoms with Crippen LogP contribution in [0.2, 0.25) is 0 Å². The third-order valence-corrected chi connectivity index (χ3v) is 5.09. The zero-order valence-corrected chi connectivity index (χ0v) is 16.2. The van der Waals surface area contributed by atoms with Crippen molar-refractivity contribution in [2.45, 2.75) is 44.9 Å². The summed E-state index contributed by atoms with van der Waals surface area (Å²) >= 11 is 1.64. The van der Waals surface area contributed by atoms with Crippen LogP contribution in [0.5, 0.6) is 0 Å². The number of halogens is 2. The van der Waals surface area contributed by atoms with Crippen LogP contribution in [-0.4, -0.2) is 21.1 Å². The summed E-state index contributed by atoms with van der Waals surface area (Å²) in [5, 5.41) is 0.0654. The average molecular weight is 378 g/mol. The van der Waals surface area contributed by atoms with Gasteiger partial charge in [0, 0.05) is 11.6 Å². The molecule has 0 bridgehead atoms. The van der Waals surface area contributed by atoms with E-state index in [9.17, 15) is 8.78 Å². The Bertz CT molecular complexity index is 745. The Hall–Kier alpha value is -1.79. The minimum Gasteiger partial charge on any atom is -0.320 e. The van der Waals surface area contributed by atoms with Crippen LogP contribution in [0, 0.1) is 5.82 Å². The van der Waals surface area contributed by atoms with Crippen LogP contribution in [0.3, 0.4) is 0 Å². The van der Waals surface area contributed by atoms with E-state index in [0.29, 0.717) is 11.1 Å². The van der Waals surface area contributed by atoms with E-state index in [1.54, 1.807) is 30.1 Å². The predicted octanol–water partition coefficient (Wildman–Crippen LogP) is 5.18. The summed E-state index contributed by atoms with van der Waals surface area (Å²) in [6, 6.07) is 4.65. The van der Waals surface area contributed by atoms with Crippen LogP contribution < -0.4 is 5.73 Å². The van der Waals surface area contributed by atoms with Crippen molar-refractivity contribution in [1.82, 2.24) is 9.97 Å². The van der Waals surface area contributed by atoms with E-state index in [2.05, 4.69) is 9.97 Å². The second-order valence-corrected chi connectivity index (χ2v) is 7.77. The summed E-state index contributed by atoms with van der Waals surface area (Å²) in [7, 11) is 0. The minimum atomic E-state index is -0.488. The first-order chi connectivity index (χ1) is 12.4. The fraction of sp³-hybridized carbons (Fsp3) is 0.400. The molecule has 26 heavy (non-hydrogen) atoms. The second-order valence-electron chi connectivity index (χ2n) is 6.29.